The fourth-order valence-electron chi connectivity index (χ4n) is 5.06. The highest BCUT2D eigenvalue weighted by Gasteiger charge is 2.48. The van der Waals surface area contributed by atoms with Gasteiger partial charge >= 0.3 is 0 Å². The van der Waals surface area contributed by atoms with Crippen molar-refractivity contribution in [1.29, 1.82) is 0 Å². The van der Waals surface area contributed by atoms with Gasteiger partial charge in [0.05, 0.1) is 6.54 Å². The van der Waals surface area contributed by atoms with Gasteiger partial charge in [-0.05, 0) is 43.0 Å². The molecular weight excluding hydrogens is 398 g/mol. The first kappa shape index (κ1) is 20.6. The minimum atomic E-state index is -0.981. The Bertz CT molecular complexity index is 1120. The number of fused-ring (bicyclic) bond motifs is 1. The number of nitrogens with one attached hydrogen (secondary N) is 1. The molecule has 2 heterocycles. The monoisotopic (exact) mass is 427 g/mol. The van der Waals surface area contributed by atoms with Crippen molar-refractivity contribution in [2.45, 2.75) is 57.3 Å². The minimum Gasteiger partial charge on any atom is -0.351 e. The summed E-state index contributed by atoms with van der Waals surface area (Å²) in [6, 6.07) is 24.0. The molecule has 5 nitrogen and oxygen atoms in total. The summed E-state index contributed by atoms with van der Waals surface area (Å²) in [7, 11) is 0. The van der Waals surface area contributed by atoms with Crippen LogP contribution in [-0.4, -0.2) is 32.9 Å². The largest absolute Gasteiger partial charge is 0.351 e. The van der Waals surface area contributed by atoms with E-state index in [1.807, 2.05) is 84.3 Å². The second kappa shape index (κ2) is 8.30. The van der Waals surface area contributed by atoms with Crippen molar-refractivity contribution in [3.05, 3.63) is 84.1 Å². The molecule has 0 saturated heterocycles. The van der Waals surface area contributed by atoms with Crippen LogP contribution in [0.5, 0.6) is 0 Å². The summed E-state index contributed by atoms with van der Waals surface area (Å²) in [4.78, 5) is 29.2. The summed E-state index contributed by atoms with van der Waals surface area (Å²) in [6.45, 7) is 2.74. The number of benzene rings is 2. The topological polar surface area (TPSA) is 54.3 Å². The van der Waals surface area contributed by atoms with E-state index in [-0.39, 0.29) is 17.9 Å². The van der Waals surface area contributed by atoms with Gasteiger partial charge in [-0.15, -0.1) is 0 Å². The molecule has 164 valence electrons. The normalized spacial score (nSPS) is 20.9. The molecule has 0 spiro atoms. The third-order valence-electron chi connectivity index (χ3n) is 6.94. The number of hydrogen-bond donors (Lipinski definition) is 1. The van der Waals surface area contributed by atoms with Gasteiger partial charge in [0, 0.05) is 18.3 Å². The van der Waals surface area contributed by atoms with Gasteiger partial charge in [0.2, 0.25) is 5.91 Å². The lowest BCUT2D eigenvalue weighted by atomic mass is 9.93. The molecule has 1 aliphatic heterocycles. The Morgan fingerprint density at radius 2 is 1.56 bits per heavy atom. The lowest BCUT2D eigenvalue weighted by Crippen LogP contribution is -2.64. The Kier molecular flexibility index (Phi) is 5.33. The molecule has 2 aliphatic rings. The van der Waals surface area contributed by atoms with Gasteiger partial charge in [-0.25, -0.2) is 0 Å². The summed E-state index contributed by atoms with van der Waals surface area (Å²) >= 11 is 0. The highest BCUT2D eigenvalue weighted by atomic mass is 16.2. The maximum absolute atomic E-state index is 13.7. The van der Waals surface area contributed by atoms with Gasteiger partial charge in [0.25, 0.3) is 5.91 Å². The molecule has 0 bridgehead atoms. The van der Waals surface area contributed by atoms with Crippen molar-refractivity contribution in [2.24, 2.45) is 0 Å². The van der Waals surface area contributed by atoms with E-state index in [4.69, 9.17) is 0 Å². The van der Waals surface area contributed by atoms with Crippen LogP contribution in [0.2, 0.25) is 0 Å². The first-order valence-electron chi connectivity index (χ1n) is 11.5. The molecule has 0 radical (unpaired) electrons. The number of carbonyl (C=O) groups excluding carboxylic acids is 2. The zero-order valence-corrected chi connectivity index (χ0v) is 18.5. The van der Waals surface area contributed by atoms with Gasteiger partial charge < -0.3 is 14.8 Å². The number of amides is 2. The van der Waals surface area contributed by atoms with E-state index >= 15 is 0 Å². The quantitative estimate of drug-likeness (QED) is 0.646. The zero-order valence-electron chi connectivity index (χ0n) is 18.5. The van der Waals surface area contributed by atoms with E-state index in [2.05, 4.69) is 5.32 Å². The number of hydrogen-bond acceptors (Lipinski definition) is 2. The molecule has 1 aliphatic carbocycles. The van der Waals surface area contributed by atoms with E-state index in [0.29, 0.717) is 18.8 Å². The fourth-order valence-corrected chi connectivity index (χ4v) is 5.06. The Morgan fingerprint density at radius 3 is 2.25 bits per heavy atom. The summed E-state index contributed by atoms with van der Waals surface area (Å²) in [5, 5.41) is 3.26. The second-order valence-corrected chi connectivity index (χ2v) is 9.16. The average Bonchev–Trinajstić information content (AvgIpc) is 3.48. The Morgan fingerprint density at radius 1 is 0.938 bits per heavy atom. The van der Waals surface area contributed by atoms with Gasteiger partial charge in [-0.2, -0.15) is 0 Å². The summed E-state index contributed by atoms with van der Waals surface area (Å²) in [5.74, 6) is -0.168. The van der Waals surface area contributed by atoms with E-state index in [0.717, 1.165) is 42.5 Å². The van der Waals surface area contributed by atoms with Crippen LogP contribution in [0.3, 0.4) is 0 Å². The molecule has 1 N–H and O–H groups in total. The molecule has 1 aromatic heterocycles. The molecule has 1 saturated carbocycles. The van der Waals surface area contributed by atoms with Crippen molar-refractivity contribution in [3.63, 3.8) is 0 Å². The first-order valence-corrected chi connectivity index (χ1v) is 11.5. The molecule has 0 unspecified atom stereocenters. The zero-order chi connectivity index (χ0) is 22.1. The highest BCUT2D eigenvalue weighted by Crippen LogP contribution is 2.34. The third kappa shape index (κ3) is 3.62. The first-order chi connectivity index (χ1) is 15.6. The Balaban J connectivity index is 1.55. The smallest absolute Gasteiger partial charge is 0.271 e. The van der Waals surface area contributed by atoms with Crippen LogP contribution in [0, 0.1) is 0 Å². The van der Waals surface area contributed by atoms with Crippen LogP contribution in [0.25, 0.3) is 11.3 Å². The van der Waals surface area contributed by atoms with E-state index in [9.17, 15) is 9.59 Å². The molecule has 5 rings (SSSR count). The molecule has 2 aromatic carbocycles. The molecule has 32 heavy (non-hydrogen) atoms. The Hall–Kier alpha value is -3.34. The van der Waals surface area contributed by atoms with Crippen molar-refractivity contribution >= 4 is 11.8 Å². The van der Waals surface area contributed by atoms with Crippen molar-refractivity contribution in [1.82, 2.24) is 14.8 Å². The van der Waals surface area contributed by atoms with Gasteiger partial charge in [0.15, 0.2) is 0 Å². The summed E-state index contributed by atoms with van der Waals surface area (Å²) in [6.07, 6.45) is 4.32. The maximum atomic E-state index is 13.7. The SMILES string of the molecule is C[C@]1(C(=O)NC2CCCC2)Cn2c(ccc2-c2ccccc2)C(=O)N1Cc1ccccc1. The van der Waals surface area contributed by atoms with Crippen LogP contribution in [0.1, 0.15) is 48.7 Å². The average molecular weight is 428 g/mol. The summed E-state index contributed by atoms with van der Waals surface area (Å²) < 4.78 is 2.02. The maximum Gasteiger partial charge on any atom is 0.271 e. The Labute approximate surface area is 189 Å². The molecule has 1 atom stereocenters. The lowest BCUT2D eigenvalue weighted by Gasteiger charge is -2.45. The highest BCUT2D eigenvalue weighted by molar-refractivity contribution is 6.00. The predicted molar refractivity (Wildman–Crippen MR) is 125 cm³/mol. The molecule has 5 heteroatoms. The lowest BCUT2D eigenvalue weighted by molar-refractivity contribution is -0.133. The van der Waals surface area contributed by atoms with Gasteiger partial charge in [-0.1, -0.05) is 73.5 Å². The van der Waals surface area contributed by atoms with Crippen LogP contribution in [0.15, 0.2) is 72.8 Å². The minimum absolute atomic E-state index is 0.0629. The van der Waals surface area contributed by atoms with Crippen LogP contribution in [-0.2, 0) is 17.9 Å². The van der Waals surface area contributed by atoms with Gasteiger partial charge in [0.1, 0.15) is 11.2 Å². The molecule has 1 fully saturated rings. The van der Waals surface area contributed by atoms with Crippen molar-refractivity contribution < 1.29 is 9.59 Å². The summed E-state index contributed by atoms with van der Waals surface area (Å²) in [5.41, 5.74) is 2.68. The van der Waals surface area contributed by atoms with E-state index in [1.54, 1.807) is 4.90 Å². The van der Waals surface area contributed by atoms with Crippen LogP contribution >= 0.6 is 0 Å². The number of nitrogens with zero attached hydrogens (tertiary/aromatic N) is 2. The van der Waals surface area contributed by atoms with Gasteiger partial charge in [-0.3, -0.25) is 9.59 Å². The third-order valence-corrected chi connectivity index (χ3v) is 6.94. The van der Waals surface area contributed by atoms with E-state index < -0.39 is 5.54 Å². The van der Waals surface area contributed by atoms with Crippen molar-refractivity contribution in [2.75, 3.05) is 0 Å². The number of carbonyl (C=O) groups is 2. The molecular formula is C27H29N3O2. The predicted octanol–water partition coefficient (Wildman–Crippen LogP) is 4.63. The van der Waals surface area contributed by atoms with E-state index in [1.165, 1.54) is 0 Å². The number of rotatable bonds is 5. The van der Waals surface area contributed by atoms with Crippen molar-refractivity contribution in [3.8, 4) is 11.3 Å². The van der Waals surface area contributed by atoms with Crippen LogP contribution < -0.4 is 5.32 Å². The fraction of sp³-hybridized carbons (Fsp3) is 0.333. The number of aromatic nitrogens is 1. The second-order valence-electron chi connectivity index (χ2n) is 9.16. The molecule has 2 amide bonds. The van der Waals surface area contributed by atoms with Crippen LogP contribution in [0.4, 0.5) is 0 Å². The molecule has 3 aromatic rings. The standard InChI is InChI=1S/C27H29N3O2/c1-27(26(32)28-22-14-8-9-15-22)19-29-23(21-12-6-3-7-13-21)16-17-24(29)25(31)30(27)18-20-10-4-2-5-11-20/h2-7,10-13,16-17,22H,8-9,14-15,18-19H2,1H3,(H,28,32)/t27-/m1/s1.